The van der Waals surface area contributed by atoms with Crippen LogP contribution in [0.2, 0.25) is 0 Å². The number of hydrogen-bond acceptors (Lipinski definition) is 4. The molecular formula is C9H10O4S. The van der Waals surface area contributed by atoms with Gasteiger partial charge < -0.3 is 4.18 Å². The molecule has 0 N–H and O–H groups in total. The van der Waals surface area contributed by atoms with Gasteiger partial charge in [0.15, 0.2) is 0 Å². The molecule has 0 aliphatic carbocycles. The van der Waals surface area contributed by atoms with Gasteiger partial charge in [0.2, 0.25) is 0 Å². The monoisotopic (exact) mass is 214 g/mol. The van der Waals surface area contributed by atoms with Crippen molar-refractivity contribution in [1.29, 1.82) is 0 Å². The van der Waals surface area contributed by atoms with Crippen LogP contribution >= 0.6 is 0 Å². The van der Waals surface area contributed by atoms with Gasteiger partial charge >= 0.3 is 16.1 Å². The second-order valence-electron chi connectivity index (χ2n) is 2.79. The van der Waals surface area contributed by atoms with Crippen LogP contribution in [0.1, 0.15) is 12.5 Å². The highest BCUT2D eigenvalue weighted by Crippen LogP contribution is 2.16. The van der Waals surface area contributed by atoms with Crippen molar-refractivity contribution in [2.75, 3.05) is 0 Å². The molecule has 0 unspecified atom stereocenters. The average Bonchev–Trinajstić information content (AvgIpc) is 2.02. The molecule has 0 radical (unpaired) electrons. The largest absolute Gasteiger partial charge is 0.343 e. The van der Waals surface area contributed by atoms with Gasteiger partial charge in [-0.15, -0.1) is 0 Å². The maximum Gasteiger partial charge on any atom is 0.341 e. The molecule has 0 amide bonds. The molecule has 0 saturated heterocycles. The van der Waals surface area contributed by atoms with Crippen LogP contribution in [0.15, 0.2) is 29.2 Å². The van der Waals surface area contributed by atoms with Crippen LogP contribution in [-0.2, 0) is 19.1 Å². The van der Waals surface area contributed by atoms with Gasteiger partial charge in [0.05, 0.1) is 0 Å². The summed E-state index contributed by atoms with van der Waals surface area (Å²) in [4.78, 5) is 10.6. The van der Waals surface area contributed by atoms with Crippen molar-refractivity contribution >= 4 is 16.1 Å². The quantitative estimate of drug-likeness (QED) is 0.695. The molecule has 14 heavy (non-hydrogen) atoms. The van der Waals surface area contributed by atoms with Crippen molar-refractivity contribution < 1.29 is 17.4 Å². The van der Waals surface area contributed by atoms with Crippen LogP contribution in [0.5, 0.6) is 0 Å². The Balaban J connectivity index is 3.17. The van der Waals surface area contributed by atoms with E-state index in [0.29, 0.717) is 5.56 Å². The lowest BCUT2D eigenvalue weighted by atomic mass is 10.2. The second kappa shape index (κ2) is 3.79. The highest BCUT2D eigenvalue weighted by atomic mass is 32.2. The second-order valence-corrected chi connectivity index (χ2v) is 4.31. The zero-order chi connectivity index (χ0) is 10.8. The van der Waals surface area contributed by atoms with E-state index < -0.39 is 16.1 Å². The Morgan fingerprint density at radius 2 is 1.86 bits per heavy atom. The maximum absolute atomic E-state index is 11.4. The van der Waals surface area contributed by atoms with Crippen molar-refractivity contribution in [1.82, 2.24) is 0 Å². The smallest absolute Gasteiger partial charge is 0.341 e. The fraction of sp³-hybridized carbons (Fsp3) is 0.222. The minimum atomic E-state index is -3.94. The first-order valence-electron chi connectivity index (χ1n) is 3.94. The van der Waals surface area contributed by atoms with Crippen LogP contribution in [0, 0.1) is 6.92 Å². The molecule has 0 spiro atoms. The highest BCUT2D eigenvalue weighted by Gasteiger charge is 2.19. The van der Waals surface area contributed by atoms with E-state index in [1.165, 1.54) is 6.07 Å². The van der Waals surface area contributed by atoms with Crippen LogP contribution < -0.4 is 0 Å². The van der Waals surface area contributed by atoms with E-state index >= 15 is 0 Å². The van der Waals surface area contributed by atoms with E-state index in [2.05, 4.69) is 4.18 Å². The van der Waals surface area contributed by atoms with E-state index in [1.54, 1.807) is 25.1 Å². The first kappa shape index (κ1) is 10.7. The Hall–Kier alpha value is -1.36. The molecule has 0 fully saturated rings. The van der Waals surface area contributed by atoms with Gasteiger partial charge in [-0.1, -0.05) is 18.2 Å². The van der Waals surface area contributed by atoms with E-state index in [0.717, 1.165) is 6.92 Å². The third-order valence-corrected chi connectivity index (χ3v) is 3.04. The summed E-state index contributed by atoms with van der Waals surface area (Å²) >= 11 is 0. The van der Waals surface area contributed by atoms with Gasteiger partial charge in [0.25, 0.3) is 0 Å². The molecule has 0 saturated carbocycles. The molecular weight excluding hydrogens is 204 g/mol. The molecule has 1 rings (SSSR count). The molecule has 0 aliphatic rings. The van der Waals surface area contributed by atoms with Crippen LogP contribution in [0.25, 0.3) is 0 Å². The lowest BCUT2D eigenvalue weighted by molar-refractivity contribution is -0.131. The number of aryl methyl sites for hydroxylation is 1. The van der Waals surface area contributed by atoms with Crippen LogP contribution in [0.3, 0.4) is 0 Å². The van der Waals surface area contributed by atoms with Gasteiger partial charge in [-0.05, 0) is 18.6 Å². The highest BCUT2D eigenvalue weighted by molar-refractivity contribution is 7.87. The van der Waals surface area contributed by atoms with Crippen molar-refractivity contribution in [3.63, 3.8) is 0 Å². The normalized spacial score (nSPS) is 11.0. The summed E-state index contributed by atoms with van der Waals surface area (Å²) in [6.07, 6.45) is 0. The van der Waals surface area contributed by atoms with E-state index in [9.17, 15) is 13.2 Å². The minimum Gasteiger partial charge on any atom is -0.343 e. The van der Waals surface area contributed by atoms with E-state index in [4.69, 9.17) is 0 Å². The van der Waals surface area contributed by atoms with E-state index in [1.807, 2.05) is 0 Å². The number of hydrogen-bond donors (Lipinski definition) is 0. The molecule has 5 heteroatoms. The summed E-state index contributed by atoms with van der Waals surface area (Å²) in [6, 6.07) is 6.31. The van der Waals surface area contributed by atoms with Gasteiger partial charge in [-0.3, -0.25) is 4.79 Å². The van der Waals surface area contributed by atoms with Crippen LogP contribution in [0.4, 0.5) is 0 Å². The zero-order valence-corrected chi connectivity index (χ0v) is 8.67. The number of benzene rings is 1. The fourth-order valence-electron chi connectivity index (χ4n) is 1.04. The first-order chi connectivity index (χ1) is 6.43. The van der Waals surface area contributed by atoms with Gasteiger partial charge in [0, 0.05) is 6.92 Å². The molecule has 0 bridgehead atoms. The van der Waals surface area contributed by atoms with Gasteiger partial charge in [0.1, 0.15) is 4.90 Å². The molecule has 1 aromatic rings. The predicted octanol–water partition coefficient (Wildman–Crippen LogP) is 1.25. The lowest BCUT2D eigenvalue weighted by Crippen LogP contribution is -2.11. The summed E-state index contributed by atoms with van der Waals surface area (Å²) in [5.41, 5.74) is 0.550. The Morgan fingerprint density at radius 1 is 1.29 bits per heavy atom. The SMILES string of the molecule is CC(=O)OS(=O)(=O)c1ccccc1C. The Morgan fingerprint density at radius 3 is 2.36 bits per heavy atom. The minimum absolute atomic E-state index is 0.0233. The first-order valence-corrected chi connectivity index (χ1v) is 5.35. The predicted molar refractivity (Wildman–Crippen MR) is 50.1 cm³/mol. The Bertz CT molecular complexity index is 448. The summed E-state index contributed by atoms with van der Waals surface area (Å²) in [7, 11) is -3.94. The van der Waals surface area contributed by atoms with Crippen molar-refractivity contribution in [3.05, 3.63) is 29.8 Å². The van der Waals surface area contributed by atoms with E-state index in [-0.39, 0.29) is 4.90 Å². The lowest BCUT2D eigenvalue weighted by Gasteiger charge is -2.05. The zero-order valence-electron chi connectivity index (χ0n) is 7.85. The molecule has 0 aliphatic heterocycles. The van der Waals surface area contributed by atoms with Gasteiger partial charge in [-0.2, -0.15) is 8.42 Å². The number of carbonyl (C=O) groups excluding carboxylic acids is 1. The topological polar surface area (TPSA) is 60.4 Å². The number of rotatable bonds is 2. The summed E-state index contributed by atoms with van der Waals surface area (Å²) in [5, 5.41) is 0. The molecule has 0 heterocycles. The van der Waals surface area contributed by atoms with Crippen molar-refractivity contribution in [2.24, 2.45) is 0 Å². The molecule has 0 aromatic heterocycles. The Kier molecular flexibility index (Phi) is 2.90. The Labute approximate surface area is 82.6 Å². The molecule has 4 nitrogen and oxygen atoms in total. The molecule has 0 atom stereocenters. The third-order valence-electron chi connectivity index (χ3n) is 1.59. The molecule has 76 valence electrons. The fourth-order valence-corrected chi connectivity index (χ4v) is 2.14. The van der Waals surface area contributed by atoms with Gasteiger partial charge in [-0.25, -0.2) is 0 Å². The van der Waals surface area contributed by atoms with Crippen LogP contribution in [-0.4, -0.2) is 14.4 Å². The maximum atomic E-state index is 11.4. The summed E-state index contributed by atoms with van der Waals surface area (Å²) < 4.78 is 27.1. The molecule has 1 aromatic carbocycles. The van der Waals surface area contributed by atoms with Crippen molar-refractivity contribution in [3.8, 4) is 0 Å². The average molecular weight is 214 g/mol. The van der Waals surface area contributed by atoms with Crippen molar-refractivity contribution in [2.45, 2.75) is 18.7 Å². The summed E-state index contributed by atoms with van der Waals surface area (Å²) in [5.74, 6) is -0.840. The standard InChI is InChI=1S/C9H10O4S/c1-7-5-3-4-6-9(7)14(11,12)13-8(2)10/h3-6H,1-2H3. The summed E-state index contributed by atoms with van der Waals surface area (Å²) in [6.45, 7) is 2.69. The third kappa shape index (κ3) is 2.32. The number of carbonyl (C=O) groups is 1.